The molecular weight excluding hydrogens is 159 g/mol. The van der Waals surface area contributed by atoms with Gasteiger partial charge in [0, 0.05) is 18.9 Å². The molecule has 0 fully saturated rings. The van der Waals surface area contributed by atoms with E-state index in [1.54, 1.807) is 0 Å². The minimum Gasteiger partial charge on any atom is -0.334 e. The first-order valence-electron chi connectivity index (χ1n) is 4.35. The SMILES string of the molecule is Bc1cnc(N(C)C(=C)C)c(C)c1. The van der Waals surface area contributed by atoms with Crippen LogP contribution in [0.2, 0.25) is 0 Å². The standard InChI is InChI=1S/C10H15BN2/c1-7(2)13(4)10-8(3)5-9(11)6-12-10/h5-6H,1,11H2,2-4H3. The van der Waals surface area contributed by atoms with Gasteiger partial charge in [0.05, 0.1) is 0 Å². The molecule has 0 saturated heterocycles. The lowest BCUT2D eigenvalue weighted by atomic mass is 9.97. The first-order valence-corrected chi connectivity index (χ1v) is 4.35. The first kappa shape index (κ1) is 9.84. The maximum absolute atomic E-state index is 4.36. The van der Waals surface area contributed by atoms with Gasteiger partial charge < -0.3 is 4.90 Å². The Hall–Kier alpha value is -1.25. The molecule has 0 radical (unpaired) electrons. The monoisotopic (exact) mass is 174 g/mol. The van der Waals surface area contributed by atoms with E-state index < -0.39 is 0 Å². The van der Waals surface area contributed by atoms with Crippen molar-refractivity contribution in [2.45, 2.75) is 13.8 Å². The lowest BCUT2D eigenvalue weighted by Gasteiger charge is -2.19. The molecular formula is C10H15BN2. The minimum atomic E-state index is 0.984. The lowest BCUT2D eigenvalue weighted by Crippen LogP contribution is -2.18. The average molecular weight is 174 g/mol. The highest BCUT2D eigenvalue weighted by atomic mass is 15.2. The highest BCUT2D eigenvalue weighted by Crippen LogP contribution is 2.16. The zero-order valence-electron chi connectivity index (χ0n) is 8.76. The highest BCUT2D eigenvalue weighted by molar-refractivity contribution is 6.32. The van der Waals surface area contributed by atoms with Gasteiger partial charge in [0.15, 0.2) is 0 Å². The van der Waals surface area contributed by atoms with Gasteiger partial charge >= 0.3 is 0 Å². The summed E-state index contributed by atoms with van der Waals surface area (Å²) in [6.07, 6.45) is 1.88. The van der Waals surface area contributed by atoms with Gasteiger partial charge in [-0.3, -0.25) is 0 Å². The van der Waals surface area contributed by atoms with Crippen LogP contribution < -0.4 is 10.4 Å². The molecule has 0 spiro atoms. The Morgan fingerprint density at radius 3 is 2.69 bits per heavy atom. The molecule has 3 heteroatoms. The summed E-state index contributed by atoms with van der Waals surface area (Å²) in [4.78, 5) is 6.36. The fourth-order valence-corrected chi connectivity index (χ4v) is 1.24. The number of nitrogens with zero attached hydrogens (tertiary/aromatic N) is 2. The first-order chi connectivity index (χ1) is 6.02. The Morgan fingerprint density at radius 2 is 2.23 bits per heavy atom. The number of hydrogen-bond acceptors (Lipinski definition) is 2. The number of hydrogen-bond donors (Lipinski definition) is 0. The Bertz CT molecular complexity index is 334. The van der Waals surface area contributed by atoms with Crippen molar-refractivity contribution < 1.29 is 0 Å². The largest absolute Gasteiger partial charge is 0.334 e. The lowest BCUT2D eigenvalue weighted by molar-refractivity contribution is 1.04. The van der Waals surface area contributed by atoms with Crippen molar-refractivity contribution in [1.82, 2.24) is 4.98 Å². The van der Waals surface area contributed by atoms with E-state index in [1.807, 2.05) is 32.9 Å². The quantitative estimate of drug-likeness (QED) is 0.611. The number of aryl methyl sites for hydroxylation is 1. The third-order valence-electron chi connectivity index (χ3n) is 2.08. The smallest absolute Gasteiger partial charge is 0.141 e. The van der Waals surface area contributed by atoms with Crippen LogP contribution in [0, 0.1) is 6.92 Å². The second-order valence-electron chi connectivity index (χ2n) is 3.45. The van der Waals surface area contributed by atoms with Crippen molar-refractivity contribution in [2.24, 2.45) is 0 Å². The third-order valence-corrected chi connectivity index (χ3v) is 2.08. The number of aromatic nitrogens is 1. The Balaban J connectivity index is 3.08. The predicted molar refractivity (Wildman–Crippen MR) is 60.4 cm³/mol. The fourth-order valence-electron chi connectivity index (χ4n) is 1.24. The fraction of sp³-hybridized carbons (Fsp3) is 0.300. The van der Waals surface area contributed by atoms with Gasteiger partial charge in [-0.2, -0.15) is 0 Å². The summed E-state index contributed by atoms with van der Waals surface area (Å²) in [5, 5.41) is 0. The van der Waals surface area contributed by atoms with E-state index in [0.29, 0.717) is 0 Å². The van der Waals surface area contributed by atoms with Crippen LogP contribution >= 0.6 is 0 Å². The molecule has 1 aromatic rings. The van der Waals surface area contributed by atoms with Crippen LogP contribution in [0.3, 0.4) is 0 Å². The van der Waals surface area contributed by atoms with E-state index in [2.05, 4.69) is 24.6 Å². The molecule has 1 aromatic heterocycles. The summed E-state index contributed by atoms with van der Waals surface area (Å²) in [6.45, 7) is 7.92. The molecule has 0 saturated carbocycles. The van der Waals surface area contributed by atoms with E-state index >= 15 is 0 Å². The van der Waals surface area contributed by atoms with Gasteiger partial charge in [0.2, 0.25) is 0 Å². The Kier molecular flexibility index (Phi) is 2.76. The van der Waals surface area contributed by atoms with Gasteiger partial charge in [0.1, 0.15) is 13.7 Å². The molecule has 1 rings (SSSR count). The van der Waals surface area contributed by atoms with Crippen molar-refractivity contribution in [2.75, 3.05) is 11.9 Å². The van der Waals surface area contributed by atoms with Gasteiger partial charge in [-0.05, 0) is 19.4 Å². The molecule has 2 nitrogen and oxygen atoms in total. The van der Waals surface area contributed by atoms with Crippen molar-refractivity contribution in [1.29, 1.82) is 0 Å². The summed E-state index contributed by atoms with van der Waals surface area (Å²) in [5.41, 5.74) is 3.38. The summed E-state index contributed by atoms with van der Waals surface area (Å²) in [5.74, 6) is 0.984. The van der Waals surface area contributed by atoms with Crippen LogP contribution in [0.1, 0.15) is 12.5 Å². The van der Waals surface area contributed by atoms with Gasteiger partial charge in [-0.25, -0.2) is 4.98 Å². The van der Waals surface area contributed by atoms with E-state index in [0.717, 1.165) is 11.5 Å². The molecule has 1 heterocycles. The van der Waals surface area contributed by atoms with Crippen LogP contribution in [0.25, 0.3) is 0 Å². The third kappa shape index (κ3) is 2.11. The molecule has 0 amide bonds. The molecule has 0 atom stereocenters. The number of pyridine rings is 1. The minimum absolute atomic E-state index is 0.984. The maximum Gasteiger partial charge on any atom is 0.141 e. The van der Waals surface area contributed by atoms with Crippen LogP contribution in [-0.2, 0) is 0 Å². The van der Waals surface area contributed by atoms with Crippen molar-refractivity contribution in [3.05, 3.63) is 30.1 Å². The van der Waals surface area contributed by atoms with Crippen LogP contribution in [0.5, 0.6) is 0 Å². The van der Waals surface area contributed by atoms with Crippen molar-refractivity contribution >= 4 is 19.1 Å². The molecule has 68 valence electrons. The number of anilines is 1. The average Bonchev–Trinajstić information content (AvgIpc) is 2.03. The molecule has 0 N–H and O–H groups in total. The summed E-state index contributed by atoms with van der Waals surface area (Å²) in [6, 6.07) is 2.13. The second-order valence-corrected chi connectivity index (χ2v) is 3.45. The van der Waals surface area contributed by atoms with E-state index in [4.69, 9.17) is 0 Å². The summed E-state index contributed by atoms with van der Waals surface area (Å²) < 4.78 is 0. The van der Waals surface area contributed by atoms with E-state index in [9.17, 15) is 0 Å². The molecule has 0 aliphatic heterocycles. The normalized spacial score (nSPS) is 9.77. The second kappa shape index (κ2) is 3.65. The van der Waals surface area contributed by atoms with Crippen LogP contribution in [0.4, 0.5) is 5.82 Å². The van der Waals surface area contributed by atoms with Crippen LogP contribution in [0.15, 0.2) is 24.5 Å². The molecule has 0 aromatic carbocycles. The molecule has 13 heavy (non-hydrogen) atoms. The van der Waals surface area contributed by atoms with Crippen LogP contribution in [-0.4, -0.2) is 19.9 Å². The van der Waals surface area contributed by atoms with E-state index in [1.165, 1.54) is 11.0 Å². The topological polar surface area (TPSA) is 16.1 Å². The maximum atomic E-state index is 4.36. The summed E-state index contributed by atoms with van der Waals surface area (Å²) >= 11 is 0. The molecule has 0 aliphatic rings. The van der Waals surface area contributed by atoms with E-state index in [-0.39, 0.29) is 0 Å². The van der Waals surface area contributed by atoms with Gasteiger partial charge in [-0.15, -0.1) is 0 Å². The summed E-state index contributed by atoms with van der Waals surface area (Å²) in [7, 11) is 4.03. The Morgan fingerprint density at radius 1 is 1.62 bits per heavy atom. The number of rotatable bonds is 2. The molecule has 0 aliphatic carbocycles. The van der Waals surface area contributed by atoms with Gasteiger partial charge in [-0.1, -0.05) is 18.1 Å². The molecule has 0 bridgehead atoms. The van der Waals surface area contributed by atoms with Gasteiger partial charge in [0.25, 0.3) is 0 Å². The zero-order valence-corrected chi connectivity index (χ0v) is 8.76. The number of allylic oxidation sites excluding steroid dienone is 1. The highest BCUT2D eigenvalue weighted by Gasteiger charge is 2.05. The van der Waals surface area contributed by atoms with Crippen molar-refractivity contribution in [3.8, 4) is 0 Å². The molecule has 0 unspecified atom stereocenters. The zero-order chi connectivity index (χ0) is 10.0. The van der Waals surface area contributed by atoms with Crippen molar-refractivity contribution in [3.63, 3.8) is 0 Å². The Labute approximate surface area is 80.7 Å². The predicted octanol–water partition coefficient (Wildman–Crippen LogP) is 0.618.